The van der Waals surface area contributed by atoms with Gasteiger partial charge in [-0.2, -0.15) is 9.80 Å². The number of benzene rings is 1. The van der Waals surface area contributed by atoms with Crippen LogP contribution in [0, 0.1) is 29.6 Å². The number of likely N-dealkylation sites (tertiary alicyclic amines) is 2. The number of imide groups is 6. The SMILES string of the molecule is COC(=O)N1C(=O)C2CC=C3C(CC4C(=O)N(C(=O)OC)C(=O)C4C3c3cc(Cl)c(O)c(OC)c3)C2C1=O. The number of phenolic OH excluding ortho intramolecular Hbond substituents is 1. The molecule has 1 aromatic rings. The van der Waals surface area contributed by atoms with Crippen LogP contribution in [0.3, 0.4) is 0 Å². The summed E-state index contributed by atoms with van der Waals surface area (Å²) in [6.07, 6.45) is -0.393. The number of ether oxygens (including phenoxy) is 3. The predicted molar refractivity (Wildman–Crippen MR) is 126 cm³/mol. The second-order valence-electron chi connectivity index (χ2n) is 9.54. The van der Waals surface area contributed by atoms with E-state index in [-0.39, 0.29) is 29.4 Å². The fraction of sp³-hybridized carbons (Fsp3) is 0.440. The maximum absolute atomic E-state index is 13.5. The first kappa shape index (κ1) is 25.7. The van der Waals surface area contributed by atoms with E-state index in [9.17, 15) is 33.9 Å². The zero-order valence-electron chi connectivity index (χ0n) is 20.5. The van der Waals surface area contributed by atoms with Gasteiger partial charge in [-0.25, -0.2) is 9.59 Å². The number of methoxy groups -OCH3 is 3. The molecule has 6 unspecified atom stereocenters. The number of amides is 6. The molecule has 6 amide bonds. The minimum Gasteiger partial charge on any atom is -0.503 e. The monoisotopic (exact) mass is 546 g/mol. The molecule has 2 saturated heterocycles. The Kier molecular flexibility index (Phi) is 6.17. The van der Waals surface area contributed by atoms with Gasteiger partial charge in [-0.1, -0.05) is 23.3 Å². The van der Waals surface area contributed by atoms with Crippen molar-refractivity contribution in [2.45, 2.75) is 18.8 Å². The number of carbonyl (C=O) groups is 6. The summed E-state index contributed by atoms with van der Waals surface area (Å²) < 4.78 is 14.5. The van der Waals surface area contributed by atoms with Crippen molar-refractivity contribution in [1.82, 2.24) is 9.80 Å². The van der Waals surface area contributed by atoms with E-state index < -0.39 is 71.3 Å². The third-order valence-electron chi connectivity index (χ3n) is 7.99. The summed E-state index contributed by atoms with van der Waals surface area (Å²) >= 11 is 6.26. The van der Waals surface area contributed by atoms with Crippen molar-refractivity contribution < 1.29 is 48.1 Å². The molecule has 2 aliphatic carbocycles. The topological polar surface area (TPSA) is 157 Å². The molecule has 0 radical (unpaired) electrons. The Morgan fingerprint density at radius 2 is 1.45 bits per heavy atom. The lowest BCUT2D eigenvalue weighted by Gasteiger charge is -2.44. The Morgan fingerprint density at radius 1 is 0.868 bits per heavy atom. The molecule has 2 heterocycles. The highest BCUT2D eigenvalue weighted by Crippen LogP contribution is 2.58. The van der Waals surface area contributed by atoms with Gasteiger partial charge in [0.25, 0.3) is 0 Å². The zero-order valence-corrected chi connectivity index (χ0v) is 21.3. The van der Waals surface area contributed by atoms with Gasteiger partial charge in [0.05, 0.1) is 50.0 Å². The van der Waals surface area contributed by atoms with Gasteiger partial charge in [0.15, 0.2) is 11.5 Å². The van der Waals surface area contributed by atoms with E-state index in [1.807, 2.05) is 0 Å². The van der Waals surface area contributed by atoms with Crippen LogP contribution in [-0.4, -0.2) is 72.1 Å². The van der Waals surface area contributed by atoms with Crippen LogP contribution in [0.15, 0.2) is 23.8 Å². The van der Waals surface area contributed by atoms with Crippen LogP contribution >= 0.6 is 11.6 Å². The number of phenols is 1. The van der Waals surface area contributed by atoms with Crippen molar-refractivity contribution in [3.05, 3.63) is 34.4 Å². The lowest BCUT2D eigenvalue weighted by molar-refractivity contribution is -0.139. The predicted octanol–water partition coefficient (Wildman–Crippen LogP) is 2.22. The molecule has 6 atom stereocenters. The number of nitrogens with zero attached hydrogens (tertiary/aromatic N) is 2. The van der Waals surface area contributed by atoms with E-state index in [2.05, 4.69) is 9.47 Å². The molecular weight excluding hydrogens is 524 g/mol. The first-order valence-corrected chi connectivity index (χ1v) is 12.1. The molecule has 0 spiro atoms. The van der Waals surface area contributed by atoms with Crippen LogP contribution in [-0.2, 0) is 28.7 Å². The Bertz CT molecular complexity index is 1340. The van der Waals surface area contributed by atoms with E-state index in [0.717, 1.165) is 14.2 Å². The smallest absolute Gasteiger partial charge is 0.423 e. The Labute approximate surface area is 221 Å². The van der Waals surface area contributed by atoms with Crippen LogP contribution in [0.25, 0.3) is 0 Å². The van der Waals surface area contributed by atoms with Gasteiger partial charge < -0.3 is 19.3 Å². The van der Waals surface area contributed by atoms with Crippen LogP contribution in [0.4, 0.5) is 9.59 Å². The number of allylic oxidation sites excluding steroid dienone is 2. The average molecular weight is 547 g/mol. The van der Waals surface area contributed by atoms with Gasteiger partial charge in [-0.15, -0.1) is 0 Å². The molecule has 2 aliphatic heterocycles. The molecule has 1 saturated carbocycles. The van der Waals surface area contributed by atoms with E-state index in [4.69, 9.17) is 16.3 Å². The van der Waals surface area contributed by atoms with Crippen LogP contribution < -0.4 is 4.74 Å². The molecule has 38 heavy (non-hydrogen) atoms. The second-order valence-corrected chi connectivity index (χ2v) is 9.95. The molecule has 5 rings (SSSR count). The maximum Gasteiger partial charge on any atom is 0.423 e. The second kappa shape index (κ2) is 9.12. The van der Waals surface area contributed by atoms with Gasteiger partial charge in [0.1, 0.15) is 0 Å². The zero-order chi connectivity index (χ0) is 27.6. The normalized spacial score (nSPS) is 29.9. The fourth-order valence-electron chi connectivity index (χ4n) is 6.43. The van der Waals surface area contributed by atoms with Gasteiger partial charge in [-0.3, -0.25) is 19.2 Å². The average Bonchev–Trinajstić information content (AvgIpc) is 3.31. The van der Waals surface area contributed by atoms with E-state index in [1.54, 1.807) is 6.08 Å². The molecule has 1 N–H and O–H groups in total. The minimum absolute atomic E-state index is 0.0107. The van der Waals surface area contributed by atoms with Crippen LogP contribution in [0.5, 0.6) is 11.5 Å². The van der Waals surface area contributed by atoms with Gasteiger partial charge in [0.2, 0.25) is 23.6 Å². The summed E-state index contributed by atoms with van der Waals surface area (Å²) in [4.78, 5) is 78.8. The number of carbonyl (C=O) groups excluding carboxylic acids is 6. The quantitative estimate of drug-likeness (QED) is 0.431. The van der Waals surface area contributed by atoms with Crippen molar-refractivity contribution in [1.29, 1.82) is 0 Å². The third-order valence-corrected chi connectivity index (χ3v) is 8.28. The molecule has 200 valence electrons. The number of hydrogen-bond acceptors (Lipinski definition) is 10. The van der Waals surface area contributed by atoms with Crippen molar-refractivity contribution in [2.75, 3.05) is 21.3 Å². The molecule has 0 bridgehead atoms. The lowest BCUT2D eigenvalue weighted by Crippen LogP contribution is -2.43. The number of fused-ring (bicyclic) bond motifs is 4. The summed E-state index contributed by atoms with van der Waals surface area (Å²) in [6, 6.07) is 2.90. The summed E-state index contributed by atoms with van der Waals surface area (Å²) in [6.45, 7) is 0. The summed E-state index contributed by atoms with van der Waals surface area (Å²) in [5.41, 5.74) is 1.00. The first-order chi connectivity index (χ1) is 18.1. The van der Waals surface area contributed by atoms with Crippen LogP contribution in [0.1, 0.15) is 24.3 Å². The number of halogens is 1. The molecule has 0 aromatic heterocycles. The standard InChI is InChI=1S/C25H23ClN2O10/c1-36-15-7-9(6-14(26)19(15)29)16-10-4-5-11-17(22(32)27(20(11)30)24(34)37-2)12(10)8-13-18(16)23(33)28(21(13)31)25(35)38-3/h4,6-7,11-13,16-18,29H,5,8H2,1-3H3. The van der Waals surface area contributed by atoms with Crippen molar-refractivity contribution >= 4 is 47.4 Å². The van der Waals surface area contributed by atoms with Gasteiger partial charge in [0, 0.05) is 5.92 Å². The highest BCUT2D eigenvalue weighted by atomic mass is 35.5. The Balaban J connectivity index is 1.67. The lowest BCUT2D eigenvalue weighted by atomic mass is 9.57. The molecule has 12 nitrogen and oxygen atoms in total. The highest BCUT2D eigenvalue weighted by molar-refractivity contribution is 6.32. The molecule has 4 aliphatic rings. The maximum atomic E-state index is 13.5. The molecule has 1 aromatic carbocycles. The van der Waals surface area contributed by atoms with Crippen molar-refractivity contribution in [2.24, 2.45) is 29.6 Å². The minimum atomic E-state index is -1.13. The Morgan fingerprint density at radius 3 is 2.03 bits per heavy atom. The van der Waals surface area contributed by atoms with E-state index >= 15 is 0 Å². The van der Waals surface area contributed by atoms with E-state index in [1.165, 1.54) is 19.2 Å². The summed E-state index contributed by atoms with van der Waals surface area (Å²) in [5, 5.41) is 10.2. The summed E-state index contributed by atoms with van der Waals surface area (Å²) in [5.74, 6) is -8.77. The summed E-state index contributed by atoms with van der Waals surface area (Å²) in [7, 11) is 3.42. The van der Waals surface area contributed by atoms with Crippen LogP contribution in [0.2, 0.25) is 5.02 Å². The molecular formula is C25H23ClN2O10. The largest absolute Gasteiger partial charge is 0.503 e. The Hall–Kier alpha value is -3.93. The van der Waals surface area contributed by atoms with Gasteiger partial charge >= 0.3 is 12.2 Å². The van der Waals surface area contributed by atoms with Crippen molar-refractivity contribution in [3.8, 4) is 11.5 Å². The third kappa shape index (κ3) is 3.43. The fourth-order valence-corrected chi connectivity index (χ4v) is 6.65. The van der Waals surface area contributed by atoms with E-state index in [0.29, 0.717) is 20.9 Å². The first-order valence-electron chi connectivity index (χ1n) is 11.7. The number of hydrogen-bond donors (Lipinski definition) is 1. The number of rotatable bonds is 2. The van der Waals surface area contributed by atoms with Crippen molar-refractivity contribution in [3.63, 3.8) is 0 Å². The molecule has 3 fully saturated rings. The molecule has 13 heteroatoms. The highest BCUT2D eigenvalue weighted by Gasteiger charge is 2.63. The number of aromatic hydroxyl groups is 1. The van der Waals surface area contributed by atoms with Gasteiger partial charge in [-0.05, 0) is 36.5 Å².